The lowest BCUT2D eigenvalue weighted by Gasteiger charge is -2.20. The molecule has 0 spiro atoms. The van der Waals surface area contributed by atoms with Crippen LogP contribution >= 0.6 is 0 Å². The van der Waals surface area contributed by atoms with Crippen LogP contribution in [0.5, 0.6) is 0 Å². The average Bonchev–Trinajstić information content (AvgIpc) is 1.96. The summed E-state index contributed by atoms with van der Waals surface area (Å²) in [6.45, 7) is 4.75. The van der Waals surface area contributed by atoms with E-state index >= 15 is 0 Å². The zero-order chi connectivity index (χ0) is 8.10. The van der Waals surface area contributed by atoms with Crippen molar-refractivity contribution < 1.29 is 0 Å². The maximum atomic E-state index is 2.41. The Morgan fingerprint density at radius 2 is 1.55 bits per heavy atom. The van der Waals surface area contributed by atoms with Gasteiger partial charge in [-0.1, -0.05) is 58.1 Å². The van der Waals surface area contributed by atoms with E-state index in [9.17, 15) is 0 Å². The fourth-order valence-electron chi connectivity index (χ4n) is 2.21. The molecule has 1 aliphatic carbocycles. The third kappa shape index (κ3) is 3.31. The number of rotatable bonds is 1. The summed E-state index contributed by atoms with van der Waals surface area (Å²) in [5.74, 6) is 2.07. The first-order chi connectivity index (χ1) is 5.33. The predicted octanol–water partition coefficient (Wildman–Crippen LogP) is 3.25. The summed E-state index contributed by atoms with van der Waals surface area (Å²) in [6.07, 6.45) is 8.94. The molecule has 1 heteroatoms. The Labute approximate surface area is 72.0 Å². The molecule has 1 saturated carbocycles. The molecule has 0 amide bonds. The highest BCUT2D eigenvalue weighted by Gasteiger charge is 2.12. The molecule has 0 aliphatic heterocycles. The molecule has 0 atom stereocenters. The second kappa shape index (κ2) is 4.85. The van der Waals surface area contributed by atoms with E-state index in [-0.39, 0.29) is 0 Å². The van der Waals surface area contributed by atoms with Crippen LogP contribution in [0.25, 0.3) is 0 Å². The van der Waals surface area contributed by atoms with Crippen LogP contribution in [0, 0.1) is 5.92 Å². The van der Waals surface area contributed by atoms with Gasteiger partial charge in [0, 0.05) is 0 Å². The minimum absolute atomic E-state index is 1.01. The van der Waals surface area contributed by atoms with Crippen molar-refractivity contribution in [1.29, 1.82) is 0 Å². The molecule has 1 aliphatic rings. The van der Waals surface area contributed by atoms with Crippen LogP contribution < -0.4 is 0 Å². The third-order valence-electron chi connectivity index (χ3n) is 3.20. The Balaban J connectivity index is 2.22. The van der Waals surface area contributed by atoms with Gasteiger partial charge >= 0.3 is 0 Å². The second-order valence-electron chi connectivity index (χ2n) is 4.24. The van der Waals surface area contributed by atoms with Crippen molar-refractivity contribution in [2.24, 2.45) is 5.92 Å². The summed E-state index contributed by atoms with van der Waals surface area (Å²) >= 11 is 0. The molecule has 0 saturated heterocycles. The van der Waals surface area contributed by atoms with Gasteiger partial charge in [0.25, 0.3) is 0 Å². The molecule has 0 N–H and O–H groups in total. The Morgan fingerprint density at radius 1 is 1.00 bits per heavy atom. The second-order valence-corrected chi connectivity index (χ2v) is 4.24. The molecular weight excluding hydrogens is 131 g/mol. The normalized spacial score (nSPS) is 34.0. The molecular formula is C10H21B. The molecule has 0 aromatic carbocycles. The van der Waals surface area contributed by atoms with Crippen molar-refractivity contribution in [3.05, 3.63) is 0 Å². The monoisotopic (exact) mass is 152 g/mol. The van der Waals surface area contributed by atoms with E-state index in [1.807, 2.05) is 0 Å². The molecule has 0 heterocycles. The molecule has 0 aromatic heterocycles. The molecule has 0 nitrogen and oxygen atoms in total. The van der Waals surface area contributed by atoms with Crippen molar-refractivity contribution in [2.45, 2.75) is 58.1 Å². The Kier molecular flexibility index (Phi) is 4.03. The van der Waals surface area contributed by atoms with Crippen LogP contribution in [0.2, 0.25) is 12.6 Å². The Bertz CT molecular complexity index is 91.0. The summed E-state index contributed by atoms with van der Waals surface area (Å²) in [7, 11) is 1.41. The van der Waals surface area contributed by atoms with E-state index in [4.69, 9.17) is 0 Å². The fraction of sp³-hybridized carbons (Fsp3) is 1.00. The van der Waals surface area contributed by atoms with Gasteiger partial charge in [-0.05, 0) is 5.92 Å². The van der Waals surface area contributed by atoms with Crippen LogP contribution in [0.3, 0.4) is 0 Å². The van der Waals surface area contributed by atoms with E-state index in [2.05, 4.69) is 13.7 Å². The first-order valence-corrected chi connectivity index (χ1v) is 5.33. The van der Waals surface area contributed by atoms with Crippen molar-refractivity contribution >= 4 is 7.28 Å². The number of hydrogen-bond acceptors (Lipinski definition) is 0. The molecule has 1 rings (SSSR count). The average molecular weight is 152 g/mol. The summed E-state index contributed by atoms with van der Waals surface area (Å²) < 4.78 is 0. The molecule has 11 heavy (non-hydrogen) atoms. The lowest BCUT2D eigenvalue weighted by molar-refractivity contribution is 0.403. The molecule has 0 unspecified atom stereocenters. The van der Waals surface area contributed by atoms with Crippen LogP contribution in [0.4, 0.5) is 0 Å². The number of hydrogen-bond donors (Lipinski definition) is 0. The molecule has 0 radical (unpaired) electrons. The highest BCUT2D eigenvalue weighted by atomic mass is 14.1. The standard InChI is InChI=1S/C10H21B/c1-9-5-3-7-10(11-2)8-4-6-9/h9-11H,3-8H2,1-2H3. The summed E-state index contributed by atoms with van der Waals surface area (Å²) in [5.41, 5.74) is 0. The van der Waals surface area contributed by atoms with Crippen molar-refractivity contribution in [3.8, 4) is 0 Å². The molecule has 64 valence electrons. The Morgan fingerprint density at radius 3 is 2.00 bits per heavy atom. The van der Waals surface area contributed by atoms with Gasteiger partial charge in [0.15, 0.2) is 0 Å². The lowest BCUT2D eigenvalue weighted by atomic mass is 9.62. The summed E-state index contributed by atoms with van der Waals surface area (Å²) in [6, 6.07) is 0. The first-order valence-electron chi connectivity index (χ1n) is 5.33. The smallest absolute Gasteiger partial charge is 0.0891 e. The zero-order valence-corrected chi connectivity index (χ0v) is 8.10. The maximum absolute atomic E-state index is 2.41. The largest absolute Gasteiger partial charge is 0.120 e. The maximum Gasteiger partial charge on any atom is 0.120 e. The zero-order valence-electron chi connectivity index (χ0n) is 8.10. The summed E-state index contributed by atoms with van der Waals surface area (Å²) in [5, 5.41) is 0. The van der Waals surface area contributed by atoms with E-state index in [0.717, 1.165) is 11.7 Å². The van der Waals surface area contributed by atoms with Gasteiger partial charge < -0.3 is 0 Å². The fourth-order valence-corrected chi connectivity index (χ4v) is 2.21. The van der Waals surface area contributed by atoms with Gasteiger partial charge in [-0.3, -0.25) is 0 Å². The third-order valence-corrected chi connectivity index (χ3v) is 3.20. The summed E-state index contributed by atoms with van der Waals surface area (Å²) in [4.78, 5) is 0. The van der Waals surface area contributed by atoms with Crippen LogP contribution in [0.15, 0.2) is 0 Å². The van der Waals surface area contributed by atoms with Gasteiger partial charge in [0.1, 0.15) is 7.28 Å². The van der Waals surface area contributed by atoms with Crippen LogP contribution in [-0.2, 0) is 0 Å². The van der Waals surface area contributed by atoms with Gasteiger partial charge in [0.05, 0.1) is 0 Å². The van der Waals surface area contributed by atoms with Gasteiger partial charge in [-0.15, -0.1) is 0 Å². The lowest BCUT2D eigenvalue weighted by Crippen LogP contribution is -2.06. The highest BCUT2D eigenvalue weighted by molar-refractivity contribution is 6.35. The van der Waals surface area contributed by atoms with Crippen molar-refractivity contribution in [3.63, 3.8) is 0 Å². The predicted molar refractivity (Wildman–Crippen MR) is 53.6 cm³/mol. The van der Waals surface area contributed by atoms with E-state index in [1.165, 1.54) is 45.8 Å². The first kappa shape index (κ1) is 9.16. The molecule has 0 bridgehead atoms. The van der Waals surface area contributed by atoms with Crippen LogP contribution in [0.1, 0.15) is 45.4 Å². The van der Waals surface area contributed by atoms with E-state index in [1.54, 1.807) is 0 Å². The van der Waals surface area contributed by atoms with Gasteiger partial charge in [-0.25, -0.2) is 0 Å². The van der Waals surface area contributed by atoms with Crippen molar-refractivity contribution in [1.82, 2.24) is 0 Å². The van der Waals surface area contributed by atoms with Crippen molar-refractivity contribution in [2.75, 3.05) is 0 Å². The Hall–Kier alpha value is 0.0649. The van der Waals surface area contributed by atoms with Gasteiger partial charge in [0.2, 0.25) is 0 Å². The topological polar surface area (TPSA) is 0 Å². The minimum atomic E-state index is 1.01. The van der Waals surface area contributed by atoms with Gasteiger partial charge in [-0.2, -0.15) is 0 Å². The minimum Gasteiger partial charge on any atom is -0.0891 e. The SMILES string of the molecule is CBC1CCCC(C)CCC1. The van der Waals surface area contributed by atoms with E-state index in [0.29, 0.717) is 0 Å². The highest BCUT2D eigenvalue weighted by Crippen LogP contribution is 2.28. The quantitative estimate of drug-likeness (QED) is 0.506. The molecule has 0 aromatic rings. The molecule has 1 fully saturated rings. The van der Waals surface area contributed by atoms with Crippen LogP contribution in [-0.4, -0.2) is 7.28 Å². The van der Waals surface area contributed by atoms with E-state index < -0.39 is 0 Å².